The second-order valence-corrected chi connectivity index (χ2v) is 4.82. The number of imide groups is 1. The molecule has 5 amide bonds. The Labute approximate surface area is 126 Å². The molecule has 0 bridgehead atoms. The highest BCUT2D eigenvalue weighted by Gasteiger charge is 2.28. The molecule has 0 spiro atoms. The van der Waals surface area contributed by atoms with E-state index < -0.39 is 12.1 Å². The van der Waals surface area contributed by atoms with Crippen LogP contribution in [0.1, 0.15) is 23.7 Å². The molecule has 8 heteroatoms. The summed E-state index contributed by atoms with van der Waals surface area (Å²) >= 11 is 0. The van der Waals surface area contributed by atoms with Gasteiger partial charge in [0.2, 0.25) is 5.91 Å². The van der Waals surface area contributed by atoms with Crippen LogP contribution >= 0.6 is 0 Å². The average molecular weight is 304 g/mol. The Hall–Kier alpha value is -2.90. The number of amides is 5. The van der Waals surface area contributed by atoms with Crippen LogP contribution in [0.5, 0.6) is 0 Å². The maximum absolute atomic E-state index is 11.9. The zero-order valence-corrected chi connectivity index (χ0v) is 11.9. The van der Waals surface area contributed by atoms with E-state index in [0.717, 1.165) is 0 Å². The van der Waals surface area contributed by atoms with Crippen molar-refractivity contribution in [3.8, 4) is 0 Å². The molecule has 1 saturated heterocycles. The standard InChI is InChI=1S/C14H16N4O4/c1-8(19)16-10-4-2-9(3-5-10)12(20)15-7-6-11-13(21)18-14(22)17-11/h2-5,11H,6-7H2,1H3,(H,15,20)(H,16,19)(H2,17,18,21,22). The van der Waals surface area contributed by atoms with Crippen LogP contribution < -0.4 is 21.3 Å². The molecule has 0 radical (unpaired) electrons. The molecule has 1 fully saturated rings. The van der Waals surface area contributed by atoms with Gasteiger partial charge in [-0.2, -0.15) is 0 Å². The fourth-order valence-electron chi connectivity index (χ4n) is 2.00. The summed E-state index contributed by atoms with van der Waals surface area (Å²) in [6.45, 7) is 1.66. The molecule has 1 aromatic carbocycles. The van der Waals surface area contributed by atoms with Crippen molar-refractivity contribution in [3.63, 3.8) is 0 Å². The molecule has 1 aliphatic rings. The minimum atomic E-state index is -0.616. The van der Waals surface area contributed by atoms with Gasteiger partial charge < -0.3 is 16.0 Å². The molecular weight excluding hydrogens is 288 g/mol. The van der Waals surface area contributed by atoms with E-state index in [1.54, 1.807) is 24.3 Å². The maximum atomic E-state index is 11.9. The van der Waals surface area contributed by atoms with Gasteiger partial charge in [-0.3, -0.25) is 19.7 Å². The predicted molar refractivity (Wildman–Crippen MR) is 78.2 cm³/mol. The second kappa shape index (κ2) is 6.70. The molecule has 1 unspecified atom stereocenters. The first-order chi connectivity index (χ1) is 10.5. The van der Waals surface area contributed by atoms with Gasteiger partial charge in [0.25, 0.3) is 11.8 Å². The van der Waals surface area contributed by atoms with E-state index >= 15 is 0 Å². The Balaban J connectivity index is 1.81. The molecule has 1 atom stereocenters. The quantitative estimate of drug-likeness (QED) is 0.572. The normalized spacial score (nSPS) is 16.7. The molecule has 116 valence electrons. The SMILES string of the molecule is CC(=O)Nc1ccc(C(=O)NCCC2NC(=O)NC2=O)cc1. The van der Waals surface area contributed by atoms with Crippen LogP contribution in [-0.4, -0.2) is 36.3 Å². The Morgan fingerprint density at radius 1 is 1.18 bits per heavy atom. The van der Waals surface area contributed by atoms with Crippen molar-refractivity contribution in [2.24, 2.45) is 0 Å². The molecule has 0 saturated carbocycles. The summed E-state index contributed by atoms with van der Waals surface area (Å²) in [4.78, 5) is 45.1. The van der Waals surface area contributed by atoms with E-state index in [0.29, 0.717) is 17.7 Å². The minimum absolute atomic E-state index is 0.186. The zero-order chi connectivity index (χ0) is 16.1. The summed E-state index contributed by atoms with van der Waals surface area (Å²) < 4.78 is 0. The third-order valence-corrected chi connectivity index (χ3v) is 3.04. The van der Waals surface area contributed by atoms with Crippen molar-refractivity contribution in [1.29, 1.82) is 0 Å². The van der Waals surface area contributed by atoms with Crippen molar-refractivity contribution in [2.75, 3.05) is 11.9 Å². The number of urea groups is 1. The van der Waals surface area contributed by atoms with Gasteiger partial charge in [-0.05, 0) is 30.7 Å². The van der Waals surface area contributed by atoms with Crippen LogP contribution in [0.3, 0.4) is 0 Å². The van der Waals surface area contributed by atoms with E-state index in [2.05, 4.69) is 21.3 Å². The van der Waals surface area contributed by atoms with Gasteiger partial charge in [-0.15, -0.1) is 0 Å². The number of nitrogens with one attached hydrogen (secondary N) is 4. The van der Waals surface area contributed by atoms with Crippen LogP contribution in [0.4, 0.5) is 10.5 Å². The first-order valence-electron chi connectivity index (χ1n) is 6.73. The van der Waals surface area contributed by atoms with Crippen molar-refractivity contribution < 1.29 is 19.2 Å². The summed E-state index contributed by atoms with van der Waals surface area (Å²) in [5, 5.41) is 9.84. The molecule has 1 aromatic rings. The number of hydrogen-bond acceptors (Lipinski definition) is 4. The minimum Gasteiger partial charge on any atom is -0.352 e. The van der Waals surface area contributed by atoms with Crippen LogP contribution in [0.15, 0.2) is 24.3 Å². The number of benzene rings is 1. The smallest absolute Gasteiger partial charge is 0.322 e. The van der Waals surface area contributed by atoms with Crippen LogP contribution in [0, 0.1) is 0 Å². The van der Waals surface area contributed by atoms with Gasteiger partial charge in [0.05, 0.1) is 0 Å². The fraction of sp³-hybridized carbons (Fsp3) is 0.286. The summed E-state index contributed by atoms with van der Waals surface area (Å²) in [6, 6.07) is 5.29. The highest BCUT2D eigenvalue weighted by molar-refractivity contribution is 6.04. The first-order valence-corrected chi connectivity index (χ1v) is 6.73. The third-order valence-electron chi connectivity index (χ3n) is 3.04. The molecular formula is C14H16N4O4. The number of hydrogen-bond donors (Lipinski definition) is 4. The molecule has 1 aliphatic heterocycles. The number of rotatable bonds is 5. The lowest BCUT2D eigenvalue weighted by Gasteiger charge is -2.09. The van der Waals surface area contributed by atoms with Crippen molar-refractivity contribution >= 4 is 29.4 Å². The summed E-state index contributed by atoms with van der Waals surface area (Å²) in [7, 11) is 0. The molecule has 4 N–H and O–H groups in total. The Morgan fingerprint density at radius 3 is 2.41 bits per heavy atom. The molecule has 0 aromatic heterocycles. The Kier molecular flexibility index (Phi) is 4.72. The van der Waals surface area contributed by atoms with Crippen molar-refractivity contribution in [3.05, 3.63) is 29.8 Å². The molecule has 1 heterocycles. The summed E-state index contributed by atoms with van der Waals surface area (Å²) in [5.41, 5.74) is 1.04. The van der Waals surface area contributed by atoms with Gasteiger partial charge >= 0.3 is 6.03 Å². The molecule has 0 aliphatic carbocycles. The van der Waals surface area contributed by atoms with Crippen LogP contribution in [-0.2, 0) is 9.59 Å². The lowest BCUT2D eigenvalue weighted by molar-refractivity contribution is -0.120. The second-order valence-electron chi connectivity index (χ2n) is 4.82. The maximum Gasteiger partial charge on any atom is 0.322 e. The molecule has 2 rings (SSSR count). The van der Waals surface area contributed by atoms with E-state index in [9.17, 15) is 19.2 Å². The first kappa shape index (κ1) is 15.5. The van der Waals surface area contributed by atoms with E-state index in [1.807, 2.05) is 0 Å². The van der Waals surface area contributed by atoms with E-state index in [1.165, 1.54) is 6.92 Å². The lowest BCUT2D eigenvalue weighted by Crippen LogP contribution is -2.34. The van der Waals surface area contributed by atoms with Crippen LogP contribution in [0.25, 0.3) is 0 Å². The zero-order valence-electron chi connectivity index (χ0n) is 11.9. The van der Waals surface area contributed by atoms with Crippen LogP contribution in [0.2, 0.25) is 0 Å². The van der Waals surface area contributed by atoms with E-state index in [-0.39, 0.29) is 24.3 Å². The Morgan fingerprint density at radius 2 is 1.86 bits per heavy atom. The van der Waals surface area contributed by atoms with Crippen molar-refractivity contribution in [2.45, 2.75) is 19.4 Å². The highest BCUT2D eigenvalue weighted by atomic mass is 16.2. The fourth-order valence-corrected chi connectivity index (χ4v) is 2.00. The van der Waals surface area contributed by atoms with Gasteiger partial charge in [-0.1, -0.05) is 0 Å². The average Bonchev–Trinajstić information content (AvgIpc) is 2.77. The summed E-state index contributed by atoms with van der Waals surface area (Å²) in [6.07, 6.45) is 0.313. The van der Waals surface area contributed by atoms with Gasteiger partial charge in [0.1, 0.15) is 6.04 Å². The van der Waals surface area contributed by atoms with Crippen molar-refractivity contribution in [1.82, 2.24) is 16.0 Å². The highest BCUT2D eigenvalue weighted by Crippen LogP contribution is 2.09. The lowest BCUT2D eigenvalue weighted by atomic mass is 10.1. The number of carbonyl (C=O) groups excluding carboxylic acids is 4. The van der Waals surface area contributed by atoms with E-state index in [4.69, 9.17) is 0 Å². The van der Waals surface area contributed by atoms with Gasteiger partial charge in [-0.25, -0.2) is 4.79 Å². The number of anilines is 1. The summed E-state index contributed by atoms with van der Waals surface area (Å²) in [5.74, 6) is -0.868. The van der Waals surface area contributed by atoms with Gasteiger partial charge in [0.15, 0.2) is 0 Å². The molecule has 22 heavy (non-hydrogen) atoms. The largest absolute Gasteiger partial charge is 0.352 e. The monoisotopic (exact) mass is 304 g/mol. The third kappa shape index (κ3) is 4.05. The number of carbonyl (C=O) groups is 4. The predicted octanol–water partition coefficient (Wildman–Crippen LogP) is -0.0271. The topological polar surface area (TPSA) is 116 Å². The van der Waals surface area contributed by atoms with Gasteiger partial charge in [0, 0.05) is 24.7 Å². The Bertz CT molecular complexity index is 612. The molecule has 8 nitrogen and oxygen atoms in total.